The first-order chi connectivity index (χ1) is 13.0. The van der Waals surface area contributed by atoms with E-state index in [2.05, 4.69) is 15.4 Å². The molecule has 0 aliphatic carbocycles. The van der Waals surface area contributed by atoms with Gasteiger partial charge in [0, 0.05) is 13.2 Å². The summed E-state index contributed by atoms with van der Waals surface area (Å²) < 4.78 is 12.8. The smallest absolute Gasteiger partial charge is 0.322 e. The molecule has 3 aromatic rings. The van der Waals surface area contributed by atoms with Crippen molar-refractivity contribution in [1.29, 1.82) is 0 Å². The van der Waals surface area contributed by atoms with Crippen molar-refractivity contribution in [3.8, 4) is 11.5 Å². The van der Waals surface area contributed by atoms with Crippen molar-refractivity contribution in [2.75, 3.05) is 25.6 Å². The van der Waals surface area contributed by atoms with Gasteiger partial charge in [-0.1, -0.05) is 6.07 Å². The third-order valence-electron chi connectivity index (χ3n) is 4.66. The average Bonchev–Trinajstić information content (AvgIpc) is 3.07. The Labute approximate surface area is 156 Å². The van der Waals surface area contributed by atoms with Crippen LogP contribution >= 0.6 is 0 Å². The SMILES string of the molecule is Cc1nc2c(NC(=O)N(C)[C@@H](C)c3ccc4c(c3)OCCO4)cccn2n1. The summed E-state index contributed by atoms with van der Waals surface area (Å²) in [4.78, 5) is 18.8. The molecule has 0 spiro atoms. The predicted octanol–water partition coefficient (Wildman–Crippen LogP) is 3.03. The molecule has 0 saturated heterocycles. The van der Waals surface area contributed by atoms with Gasteiger partial charge in [0.2, 0.25) is 0 Å². The minimum absolute atomic E-state index is 0.153. The summed E-state index contributed by atoms with van der Waals surface area (Å²) in [5.41, 5.74) is 2.20. The summed E-state index contributed by atoms with van der Waals surface area (Å²) in [6.45, 7) is 4.86. The Bertz CT molecular complexity index is 1000. The lowest BCUT2D eigenvalue weighted by Gasteiger charge is -2.27. The predicted molar refractivity (Wildman–Crippen MR) is 100 cm³/mol. The van der Waals surface area contributed by atoms with Gasteiger partial charge in [0.05, 0.1) is 11.7 Å². The second-order valence-electron chi connectivity index (χ2n) is 6.47. The standard InChI is InChI=1S/C19H21N5O3/c1-12(14-6-7-16-17(11-14)27-10-9-26-16)23(3)19(25)21-15-5-4-8-24-18(15)20-13(2)22-24/h4-8,11-12H,9-10H2,1-3H3,(H,21,25)/t12-/m0/s1. The Kier molecular flexibility index (Phi) is 4.31. The van der Waals surface area contributed by atoms with Crippen LogP contribution in [0.4, 0.5) is 10.5 Å². The molecule has 1 atom stereocenters. The summed E-state index contributed by atoms with van der Waals surface area (Å²) in [6.07, 6.45) is 1.80. The molecule has 8 heteroatoms. The van der Waals surface area contributed by atoms with Crippen LogP contribution < -0.4 is 14.8 Å². The van der Waals surface area contributed by atoms with Crippen LogP contribution in [0.1, 0.15) is 24.4 Å². The number of ether oxygens (including phenoxy) is 2. The number of carbonyl (C=O) groups is 1. The van der Waals surface area contributed by atoms with Gasteiger partial charge in [-0.25, -0.2) is 14.3 Å². The normalized spacial score (nSPS) is 14.0. The molecule has 1 aliphatic rings. The van der Waals surface area contributed by atoms with Crippen LogP contribution in [-0.4, -0.2) is 45.8 Å². The van der Waals surface area contributed by atoms with Crippen molar-refractivity contribution >= 4 is 17.4 Å². The summed E-state index contributed by atoms with van der Waals surface area (Å²) in [6, 6.07) is 9.00. The highest BCUT2D eigenvalue weighted by Crippen LogP contribution is 2.33. The third-order valence-corrected chi connectivity index (χ3v) is 4.66. The van der Waals surface area contributed by atoms with E-state index in [1.807, 2.05) is 44.2 Å². The number of rotatable bonds is 3. The number of aromatic nitrogens is 3. The van der Waals surface area contributed by atoms with E-state index in [-0.39, 0.29) is 12.1 Å². The molecule has 0 bridgehead atoms. The van der Waals surface area contributed by atoms with Crippen LogP contribution in [0.5, 0.6) is 11.5 Å². The number of urea groups is 1. The van der Waals surface area contributed by atoms with Gasteiger partial charge < -0.3 is 19.7 Å². The molecule has 27 heavy (non-hydrogen) atoms. The van der Waals surface area contributed by atoms with E-state index in [0.717, 1.165) is 11.3 Å². The number of amides is 2. The largest absolute Gasteiger partial charge is 0.486 e. The maximum atomic E-state index is 12.8. The number of hydrogen-bond donors (Lipinski definition) is 1. The van der Waals surface area contributed by atoms with Crippen LogP contribution in [0, 0.1) is 6.92 Å². The minimum atomic E-state index is -0.230. The highest BCUT2D eigenvalue weighted by Gasteiger charge is 2.21. The number of nitrogens with zero attached hydrogens (tertiary/aromatic N) is 4. The van der Waals surface area contributed by atoms with Crippen LogP contribution in [0.15, 0.2) is 36.5 Å². The average molecular weight is 367 g/mol. The summed E-state index contributed by atoms with van der Waals surface area (Å²) in [7, 11) is 1.76. The van der Waals surface area contributed by atoms with Gasteiger partial charge in [-0.2, -0.15) is 5.10 Å². The lowest BCUT2D eigenvalue weighted by atomic mass is 10.1. The highest BCUT2D eigenvalue weighted by molar-refractivity contribution is 5.93. The van der Waals surface area contributed by atoms with Gasteiger partial charge in [0.25, 0.3) is 0 Å². The Balaban J connectivity index is 1.53. The number of carbonyl (C=O) groups excluding carboxylic acids is 1. The summed E-state index contributed by atoms with van der Waals surface area (Å²) >= 11 is 0. The molecule has 2 amide bonds. The molecule has 0 unspecified atom stereocenters. The van der Waals surface area contributed by atoms with Crippen molar-refractivity contribution in [1.82, 2.24) is 19.5 Å². The molecule has 8 nitrogen and oxygen atoms in total. The zero-order valence-electron chi connectivity index (χ0n) is 15.5. The van der Waals surface area contributed by atoms with E-state index >= 15 is 0 Å². The fourth-order valence-electron chi connectivity index (χ4n) is 3.03. The molecular weight excluding hydrogens is 346 g/mol. The van der Waals surface area contributed by atoms with E-state index in [1.165, 1.54) is 0 Å². The van der Waals surface area contributed by atoms with Crippen molar-refractivity contribution < 1.29 is 14.3 Å². The van der Waals surface area contributed by atoms with E-state index < -0.39 is 0 Å². The Morgan fingerprint density at radius 3 is 2.85 bits per heavy atom. The number of aryl methyl sites for hydroxylation is 1. The van der Waals surface area contributed by atoms with Crippen molar-refractivity contribution in [2.45, 2.75) is 19.9 Å². The van der Waals surface area contributed by atoms with Gasteiger partial charge in [-0.05, 0) is 43.7 Å². The van der Waals surface area contributed by atoms with Crippen LogP contribution in [0.3, 0.4) is 0 Å². The molecule has 1 aromatic carbocycles. The second-order valence-corrected chi connectivity index (χ2v) is 6.47. The number of benzene rings is 1. The van der Waals surface area contributed by atoms with Gasteiger partial charge >= 0.3 is 6.03 Å². The zero-order valence-corrected chi connectivity index (χ0v) is 15.5. The van der Waals surface area contributed by atoms with E-state index in [4.69, 9.17) is 9.47 Å². The molecule has 2 aromatic heterocycles. The Hall–Kier alpha value is -3.29. The minimum Gasteiger partial charge on any atom is -0.486 e. The number of hydrogen-bond acceptors (Lipinski definition) is 5. The summed E-state index contributed by atoms with van der Waals surface area (Å²) in [5, 5.41) is 7.18. The lowest BCUT2D eigenvalue weighted by Crippen LogP contribution is -2.33. The first-order valence-corrected chi connectivity index (χ1v) is 8.78. The van der Waals surface area contributed by atoms with Crippen molar-refractivity contribution in [2.24, 2.45) is 0 Å². The van der Waals surface area contributed by atoms with Gasteiger partial charge in [-0.15, -0.1) is 0 Å². The molecule has 4 rings (SSSR count). The molecule has 3 heterocycles. The number of nitrogens with one attached hydrogen (secondary N) is 1. The van der Waals surface area contributed by atoms with Gasteiger partial charge in [-0.3, -0.25) is 0 Å². The first-order valence-electron chi connectivity index (χ1n) is 8.78. The van der Waals surface area contributed by atoms with Gasteiger partial charge in [0.1, 0.15) is 19.0 Å². The van der Waals surface area contributed by atoms with E-state index in [0.29, 0.717) is 36.1 Å². The van der Waals surface area contributed by atoms with Gasteiger partial charge in [0.15, 0.2) is 17.1 Å². The van der Waals surface area contributed by atoms with Crippen LogP contribution in [-0.2, 0) is 0 Å². The maximum Gasteiger partial charge on any atom is 0.322 e. The number of pyridine rings is 1. The molecule has 0 saturated carbocycles. The number of anilines is 1. The second kappa shape index (κ2) is 6.79. The van der Waals surface area contributed by atoms with E-state index in [1.54, 1.807) is 22.7 Å². The molecule has 1 N–H and O–H groups in total. The third kappa shape index (κ3) is 3.25. The van der Waals surface area contributed by atoms with Crippen molar-refractivity contribution in [3.05, 3.63) is 47.9 Å². The fraction of sp³-hybridized carbons (Fsp3) is 0.316. The molecule has 0 fully saturated rings. The van der Waals surface area contributed by atoms with Crippen molar-refractivity contribution in [3.63, 3.8) is 0 Å². The summed E-state index contributed by atoms with van der Waals surface area (Å²) in [5.74, 6) is 2.09. The molecule has 1 aliphatic heterocycles. The fourth-order valence-corrected chi connectivity index (χ4v) is 3.03. The monoisotopic (exact) mass is 367 g/mol. The zero-order chi connectivity index (χ0) is 19.0. The maximum absolute atomic E-state index is 12.8. The Morgan fingerprint density at radius 2 is 2.04 bits per heavy atom. The highest BCUT2D eigenvalue weighted by atomic mass is 16.6. The molecule has 0 radical (unpaired) electrons. The first kappa shape index (κ1) is 17.1. The van der Waals surface area contributed by atoms with E-state index in [9.17, 15) is 4.79 Å². The molecule has 140 valence electrons. The quantitative estimate of drug-likeness (QED) is 0.770. The lowest BCUT2D eigenvalue weighted by molar-refractivity contribution is 0.170. The molecular formula is C19H21N5O3. The number of fused-ring (bicyclic) bond motifs is 2. The van der Waals surface area contributed by atoms with Crippen LogP contribution in [0.25, 0.3) is 5.65 Å². The Morgan fingerprint density at radius 1 is 1.26 bits per heavy atom. The van der Waals surface area contributed by atoms with Crippen LogP contribution in [0.2, 0.25) is 0 Å². The topological polar surface area (TPSA) is 81.0 Å².